The topological polar surface area (TPSA) is 19.0 Å². The molecule has 0 atom stereocenters. The van der Waals surface area contributed by atoms with Crippen LogP contribution in [0.25, 0.3) is 0 Å². The molecule has 1 aromatic rings. The Hall–Kier alpha value is -0.680. The van der Waals surface area contributed by atoms with Crippen molar-refractivity contribution >= 4 is 30.5 Å². The van der Waals surface area contributed by atoms with Gasteiger partial charge in [-0.1, -0.05) is 54.0 Å². The van der Waals surface area contributed by atoms with Gasteiger partial charge in [0.15, 0.2) is 0 Å². The van der Waals surface area contributed by atoms with Gasteiger partial charge in [0.25, 0.3) is 0 Å². The van der Waals surface area contributed by atoms with E-state index in [0.717, 1.165) is 51.0 Å². The van der Waals surface area contributed by atoms with Crippen molar-refractivity contribution in [2.75, 3.05) is 63.9 Å². The third-order valence-electron chi connectivity index (χ3n) is 8.51. The number of anilines is 1. The minimum absolute atomic E-state index is 0. The molecule has 0 unspecified atom stereocenters. The minimum atomic E-state index is 0. The van der Waals surface area contributed by atoms with Gasteiger partial charge in [0, 0.05) is 44.5 Å². The van der Waals surface area contributed by atoms with Crippen LogP contribution in [-0.2, 0) is 0 Å². The minimum Gasteiger partial charge on any atom is -0.492 e. The Morgan fingerprint density at radius 1 is 0.917 bits per heavy atom. The van der Waals surface area contributed by atoms with Gasteiger partial charge in [-0.05, 0) is 80.6 Å². The average Bonchev–Trinajstić information content (AvgIpc) is 2.85. The van der Waals surface area contributed by atoms with Crippen molar-refractivity contribution in [1.29, 1.82) is 0 Å². The fraction of sp³-hybridized carbons (Fsp3) is 0.800. The summed E-state index contributed by atoms with van der Waals surface area (Å²) in [5.41, 5.74) is 3.46. The first-order chi connectivity index (χ1) is 16.4. The maximum Gasteiger partial charge on any atom is 0.121 e. The summed E-state index contributed by atoms with van der Waals surface area (Å²) in [7, 11) is 0. The van der Waals surface area contributed by atoms with E-state index in [1.54, 1.807) is 5.56 Å². The van der Waals surface area contributed by atoms with Crippen molar-refractivity contribution in [3.63, 3.8) is 0 Å². The van der Waals surface area contributed by atoms with Crippen LogP contribution in [0.1, 0.15) is 91.5 Å². The molecule has 1 saturated carbocycles. The SMILES string of the molecule is CCCCN1CCN(c2cc(OCCN(CC)CC)ccc2C2CCC(C(C)(C)C)CC2)CC1.Cl.Cl. The third-order valence-corrected chi connectivity index (χ3v) is 8.51. The van der Waals surface area contributed by atoms with Crippen molar-refractivity contribution in [1.82, 2.24) is 9.80 Å². The number of benzene rings is 1. The summed E-state index contributed by atoms with van der Waals surface area (Å²) >= 11 is 0. The number of hydrogen-bond acceptors (Lipinski definition) is 4. The molecule has 1 saturated heterocycles. The standard InChI is InChI=1S/C30H53N3O.2ClH/c1-7-10-17-32-18-20-33(21-19-32)29-24-27(34-23-22-31(8-2)9-3)15-16-28(29)25-11-13-26(14-12-25)30(4,5)6;;/h15-16,24-26H,7-14,17-23H2,1-6H3;2*1H. The van der Waals surface area contributed by atoms with Gasteiger partial charge >= 0.3 is 0 Å². The van der Waals surface area contributed by atoms with Crippen LogP contribution in [0, 0.1) is 11.3 Å². The zero-order chi connectivity index (χ0) is 24.6. The van der Waals surface area contributed by atoms with Gasteiger partial charge in [-0.2, -0.15) is 0 Å². The molecule has 3 rings (SSSR count). The number of rotatable bonds is 11. The van der Waals surface area contributed by atoms with E-state index >= 15 is 0 Å². The van der Waals surface area contributed by atoms with E-state index < -0.39 is 0 Å². The molecule has 0 bridgehead atoms. The number of piperazine rings is 1. The summed E-state index contributed by atoms with van der Waals surface area (Å²) in [6, 6.07) is 7.02. The Morgan fingerprint density at radius 3 is 2.11 bits per heavy atom. The number of unbranched alkanes of at least 4 members (excludes halogenated alkanes) is 1. The molecule has 4 nitrogen and oxygen atoms in total. The van der Waals surface area contributed by atoms with Crippen LogP contribution in [0.5, 0.6) is 5.75 Å². The third kappa shape index (κ3) is 9.57. The van der Waals surface area contributed by atoms with Gasteiger partial charge in [0.1, 0.15) is 12.4 Å². The van der Waals surface area contributed by atoms with Crippen LogP contribution in [0.3, 0.4) is 0 Å². The summed E-state index contributed by atoms with van der Waals surface area (Å²) in [6.45, 7) is 23.8. The molecule has 1 aliphatic carbocycles. The second-order valence-corrected chi connectivity index (χ2v) is 11.7. The number of hydrogen-bond donors (Lipinski definition) is 0. The van der Waals surface area contributed by atoms with Gasteiger partial charge in [-0.25, -0.2) is 0 Å². The smallest absolute Gasteiger partial charge is 0.121 e. The van der Waals surface area contributed by atoms with Crippen LogP contribution >= 0.6 is 24.8 Å². The quantitative estimate of drug-likeness (QED) is 0.287. The van der Waals surface area contributed by atoms with Crippen LogP contribution in [0.2, 0.25) is 0 Å². The Morgan fingerprint density at radius 2 is 1.56 bits per heavy atom. The van der Waals surface area contributed by atoms with Crippen LogP contribution in [0.15, 0.2) is 18.2 Å². The molecule has 0 spiro atoms. The first-order valence-electron chi connectivity index (χ1n) is 14.3. The Labute approximate surface area is 235 Å². The Balaban J connectivity index is 0.00000324. The average molecular weight is 545 g/mol. The Bertz CT molecular complexity index is 719. The summed E-state index contributed by atoms with van der Waals surface area (Å²) in [5.74, 6) is 2.59. The normalized spacial score (nSPS) is 21.1. The molecule has 0 amide bonds. The number of ether oxygens (including phenoxy) is 1. The van der Waals surface area contributed by atoms with Crippen molar-refractivity contribution in [3.05, 3.63) is 23.8 Å². The highest BCUT2D eigenvalue weighted by atomic mass is 35.5. The molecule has 0 aromatic heterocycles. The molecule has 1 aliphatic heterocycles. The summed E-state index contributed by atoms with van der Waals surface area (Å²) in [4.78, 5) is 7.74. The summed E-state index contributed by atoms with van der Waals surface area (Å²) in [6.07, 6.45) is 7.98. The van der Waals surface area contributed by atoms with Gasteiger partial charge in [-0.3, -0.25) is 4.90 Å². The second kappa shape index (κ2) is 16.3. The first-order valence-corrected chi connectivity index (χ1v) is 14.3. The fourth-order valence-corrected chi connectivity index (χ4v) is 5.93. The van der Waals surface area contributed by atoms with E-state index in [4.69, 9.17) is 4.74 Å². The van der Waals surface area contributed by atoms with E-state index in [-0.39, 0.29) is 24.8 Å². The van der Waals surface area contributed by atoms with Crippen molar-refractivity contribution in [2.24, 2.45) is 11.3 Å². The molecule has 0 N–H and O–H groups in total. The lowest BCUT2D eigenvalue weighted by atomic mass is 9.68. The monoisotopic (exact) mass is 543 g/mol. The van der Waals surface area contributed by atoms with E-state index in [0.29, 0.717) is 11.3 Å². The van der Waals surface area contributed by atoms with Gasteiger partial charge in [-0.15, -0.1) is 24.8 Å². The molecule has 1 heterocycles. The van der Waals surface area contributed by atoms with E-state index in [9.17, 15) is 0 Å². The van der Waals surface area contributed by atoms with Crippen LogP contribution in [0.4, 0.5) is 5.69 Å². The molecule has 2 fully saturated rings. The number of nitrogens with zero attached hydrogens (tertiary/aromatic N) is 3. The predicted octanol–water partition coefficient (Wildman–Crippen LogP) is 7.49. The molecule has 210 valence electrons. The van der Waals surface area contributed by atoms with Gasteiger partial charge < -0.3 is 14.5 Å². The Kier molecular flexibility index (Phi) is 15.1. The van der Waals surface area contributed by atoms with Crippen molar-refractivity contribution in [3.8, 4) is 5.75 Å². The zero-order valence-electron chi connectivity index (χ0n) is 24.1. The number of likely N-dealkylation sites (N-methyl/N-ethyl adjacent to an activating group) is 1. The highest BCUT2D eigenvalue weighted by Crippen LogP contribution is 2.45. The molecule has 2 aliphatic rings. The zero-order valence-corrected chi connectivity index (χ0v) is 25.7. The molecular formula is C30H55Cl2N3O. The number of halogens is 2. The van der Waals surface area contributed by atoms with Crippen molar-refractivity contribution < 1.29 is 4.74 Å². The lowest BCUT2D eigenvalue weighted by Crippen LogP contribution is -2.47. The molecule has 1 aromatic carbocycles. The second-order valence-electron chi connectivity index (χ2n) is 11.7. The molecular weight excluding hydrogens is 489 g/mol. The van der Waals surface area contributed by atoms with E-state index in [2.05, 4.69) is 74.4 Å². The highest BCUT2D eigenvalue weighted by Gasteiger charge is 2.32. The molecule has 0 radical (unpaired) electrons. The summed E-state index contributed by atoms with van der Waals surface area (Å²) in [5, 5.41) is 0. The maximum absolute atomic E-state index is 6.27. The van der Waals surface area contributed by atoms with Crippen LogP contribution < -0.4 is 9.64 Å². The van der Waals surface area contributed by atoms with E-state index in [1.807, 2.05) is 0 Å². The van der Waals surface area contributed by atoms with Crippen molar-refractivity contribution in [2.45, 2.75) is 86.0 Å². The van der Waals surface area contributed by atoms with Gasteiger partial charge in [0.2, 0.25) is 0 Å². The molecule has 6 heteroatoms. The predicted molar refractivity (Wildman–Crippen MR) is 162 cm³/mol. The van der Waals surface area contributed by atoms with Crippen LogP contribution in [-0.4, -0.2) is 68.8 Å². The maximum atomic E-state index is 6.27. The van der Waals surface area contributed by atoms with E-state index in [1.165, 1.54) is 63.8 Å². The lowest BCUT2D eigenvalue weighted by molar-refractivity contribution is 0.169. The first kappa shape index (κ1) is 33.3. The lowest BCUT2D eigenvalue weighted by Gasteiger charge is -2.40. The fourth-order valence-electron chi connectivity index (χ4n) is 5.93. The summed E-state index contributed by atoms with van der Waals surface area (Å²) < 4.78 is 6.27. The molecule has 36 heavy (non-hydrogen) atoms. The highest BCUT2D eigenvalue weighted by molar-refractivity contribution is 5.85. The van der Waals surface area contributed by atoms with Gasteiger partial charge in [0.05, 0.1) is 0 Å². The largest absolute Gasteiger partial charge is 0.492 e.